The fraction of sp³-hybridized carbons (Fsp3) is 0.125. The second kappa shape index (κ2) is 7.06. The van der Waals surface area contributed by atoms with E-state index in [4.69, 9.17) is 0 Å². The molecule has 0 aliphatic carbocycles. The summed E-state index contributed by atoms with van der Waals surface area (Å²) in [7, 11) is 0. The molecule has 0 saturated carbocycles. The minimum atomic E-state index is -4.73. The number of halogens is 4. The number of para-hydroxylation sites is 1. The molecule has 0 radical (unpaired) electrons. The summed E-state index contributed by atoms with van der Waals surface area (Å²) in [4.78, 5) is 0. The summed E-state index contributed by atoms with van der Waals surface area (Å²) in [6.07, 6.45) is -4.73. The first-order valence-electron chi connectivity index (χ1n) is 7.08. The van der Waals surface area contributed by atoms with Gasteiger partial charge in [0.15, 0.2) is 0 Å². The highest BCUT2D eigenvalue weighted by molar-refractivity contribution is 7.14. The van der Waals surface area contributed by atoms with Gasteiger partial charge in [-0.1, -0.05) is 23.5 Å². The largest absolute Gasteiger partial charge is 0.573 e. The molecule has 0 unspecified atom stereocenters. The third kappa shape index (κ3) is 4.66. The van der Waals surface area contributed by atoms with Crippen LogP contribution in [-0.2, 0) is 6.54 Å². The summed E-state index contributed by atoms with van der Waals surface area (Å²) < 4.78 is 53.8. The maximum absolute atomic E-state index is 13.5. The van der Waals surface area contributed by atoms with Crippen LogP contribution in [0.3, 0.4) is 0 Å². The van der Waals surface area contributed by atoms with Crippen molar-refractivity contribution < 1.29 is 22.3 Å². The highest BCUT2D eigenvalue weighted by Crippen LogP contribution is 2.28. The van der Waals surface area contributed by atoms with Crippen molar-refractivity contribution in [2.45, 2.75) is 12.9 Å². The van der Waals surface area contributed by atoms with E-state index < -0.39 is 6.36 Å². The van der Waals surface area contributed by atoms with E-state index >= 15 is 0 Å². The van der Waals surface area contributed by atoms with Crippen LogP contribution < -0.4 is 10.1 Å². The molecule has 3 aromatic rings. The molecule has 0 amide bonds. The number of hydrogen-bond donors (Lipinski definition) is 1. The van der Waals surface area contributed by atoms with Crippen molar-refractivity contribution >= 4 is 17.0 Å². The predicted molar refractivity (Wildman–Crippen MR) is 85.8 cm³/mol. The van der Waals surface area contributed by atoms with Gasteiger partial charge < -0.3 is 10.1 Å². The number of nitrogens with zero attached hydrogens (tertiary/aromatic N) is 2. The predicted octanol–water partition coefficient (Wildman–Crippen LogP) is 4.85. The molecule has 0 bridgehead atoms. The SMILES string of the molecule is Fc1ccccc1NCc1nnc(-c2ccc(OC(F)(F)F)cc2)s1. The number of rotatable bonds is 5. The number of ether oxygens (including phenoxy) is 1. The van der Waals surface area contributed by atoms with Gasteiger partial charge in [0.25, 0.3) is 0 Å². The van der Waals surface area contributed by atoms with E-state index in [1.807, 2.05) is 0 Å². The zero-order chi connectivity index (χ0) is 17.9. The van der Waals surface area contributed by atoms with E-state index in [0.29, 0.717) is 21.3 Å². The van der Waals surface area contributed by atoms with E-state index in [2.05, 4.69) is 20.3 Å². The van der Waals surface area contributed by atoms with Gasteiger partial charge in [0.05, 0.1) is 12.2 Å². The molecule has 130 valence electrons. The summed E-state index contributed by atoms with van der Waals surface area (Å²) in [5.74, 6) is -0.672. The Labute approximate surface area is 144 Å². The van der Waals surface area contributed by atoms with Crippen LogP contribution in [0.5, 0.6) is 5.75 Å². The Morgan fingerprint density at radius 3 is 2.40 bits per heavy atom. The molecule has 0 fully saturated rings. The Hall–Kier alpha value is -2.68. The van der Waals surface area contributed by atoms with Gasteiger partial charge in [0.1, 0.15) is 21.6 Å². The summed E-state index contributed by atoms with van der Waals surface area (Å²) in [5.41, 5.74) is 0.970. The number of alkyl halides is 3. The molecule has 1 heterocycles. The minimum absolute atomic E-state index is 0.286. The standard InChI is InChI=1S/C16H11F4N3OS/c17-12-3-1-2-4-13(12)21-9-14-22-23-15(25-14)10-5-7-11(8-6-10)24-16(18,19)20/h1-8,21H,9H2. The summed E-state index contributed by atoms with van der Waals surface area (Å²) in [6, 6.07) is 11.6. The molecule has 0 spiro atoms. The molecule has 9 heteroatoms. The lowest BCUT2D eigenvalue weighted by Gasteiger charge is -2.08. The van der Waals surface area contributed by atoms with Crippen molar-refractivity contribution in [3.8, 4) is 16.3 Å². The number of benzene rings is 2. The Balaban J connectivity index is 1.66. The zero-order valence-corrected chi connectivity index (χ0v) is 13.4. The lowest BCUT2D eigenvalue weighted by atomic mass is 10.2. The van der Waals surface area contributed by atoms with Crippen molar-refractivity contribution in [3.63, 3.8) is 0 Å². The number of aromatic nitrogens is 2. The summed E-state index contributed by atoms with van der Waals surface area (Å²) >= 11 is 1.26. The number of hydrogen-bond acceptors (Lipinski definition) is 5. The Kier molecular flexibility index (Phi) is 4.84. The Morgan fingerprint density at radius 1 is 1.00 bits per heavy atom. The lowest BCUT2D eigenvalue weighted by molar-refractivity contribution is -0.274. The first kappa shape index (κ1) is 17.2. The molecule has 0 aliphatic heterocycles. The molecule has 25 heavy (non-hydrogen) atoms. The van der Waals surface area contributed by atoms with Gasteiger partial charge in [-0.15, -0.1) is 23.4 Å². The van der Waals surface area contributed by atoms with Gasteiger partial charge in [-0.05, 0) is 36.4 Å². The third-order valence-electron chi connectivity index (χ3n) is 3.11. The lowest BCUT2D eigenvalue weighted by Crippen LogP contribution is -2.16. The van der Waals surface area contributed by atoms with Crippen LogP contribution in [0.4, 0.5) is 23.2 Å². The molecule has 0 aliphatic rings. The van der Waals surface area contributed by atoms with Gasteiger partial charge >= 0.3 is 6.36 Å². The number of nitrogens with one attached hydrogen (secondary N) is 1. The minimum Gasteiger partial charge on any atom is -0.406 e. The normalized spacial score (nSPS) is 11.4. The monoisotopic (exact) mass is 369 g/mol. The van der Waals surface area contributed by atoms with Crippen LogP contribution in [0.2, 0.25) is 0 Å². The van der Waals surface area contributed by atoms with Gasteiger partial charge in [0.2, 0.25) is 0 Å². The Morgan fingerprint density at radius 2 is 1.72 bits per heavy atom. The molecule has 3 rings (SSSR count). The smallest absolute Gasteiger partial charge is 0.406 e. The third-order valence-corrected chi connectivity index (χ3v) is 4.08. The average Bonchev–Trinajstić information content (AvgIpc) is 3.02. The van der Waals surface area contributed by atoms with Crippen LogP contribution in [0, 0.1) is 5.82 Å². The average molecular weight is 369 g/mol. The molecule has 0 atom stereocenters. The molecule has 1 N–H and O–H groups in total. The topological polar surface area (TPSA) is 47.0 Å². The van der Waals surface area contributed by atoms with Gasteiger partial charge in [-0.3, -0.25) is 0 Å². The molecular weight excluding hydrogens is 358 g/mol. The maximum Gasteiger partial charge on any atom is 0.573 e. The first-order chi connectivity index (χ1) is 11.9. The van der Waals surface area contributed by atoms with Crippen LogP contribution in [0.25, 0.3) is 10.6 Å². The summed E-state index contributed by atoms with van der Waals surface area (Å²) in [6.45, 7) is 0.286. The molecule has 1 aromatic heterocycles. The van der Waals surface area contributed by atoms with Crippen molar-refractivity contribution in [1.82, 2.24) is 10.2 Å². The quantitative estimate of drug-likeness (QED) is 0.653. The van der Waals surface area contributed by atoms with Crippen LogP contribution in [0.1, 0.15) is 5.01 Å². The number of anilines is 1. The second-order valence-electron chi connectivity index (χ2n) is 4.91. The maximum atomic E-state index is 13.5. The van der Waals surface area contributed by atoms with Crippen molar-refractivity contribution in [1.29, 1.82) is 0 Å². The molecular formula is C16H11F4N3OS. The van der Waals surface area contributed by atoms with Gasteiger partial charge in [0, 0.05) is 5.56 Å². The highest BCUT2D eigenvalue weighted by atomic mass is 32.1. The van der Waals surface area contributed by atoms with E-state index in [0.717, 1.165) is 0 Å². The van der Waals surface area contributed by atoms with Crippen molar-refractivity contribution in [3.05, 3.63) is 59.4 Å². The summed E-state index contributed by atoms with van der Waals surface area (Å²) in [5, 5.41) is 12.1. The van der Waals surface area contributed by atoms with E-state index in [9.17, 15) is 17.6 Å². The van der Waals surface area contributed by atoms with Crippen LogP contribution in [-0.4, -0.2) is 16.6 Å². The fourth-order valence-electron chi connectivity index (χ4n) is 2.02. The zero-order valence-electron chi connectivity index (χ0n) is 12.5. The molecule has 4 nitrogen and oxygen atoms in total. The Bertz CT molecular complexity index is 849. The van der Waals surface area contributed by atoms with Crippen molar-refractivity contribution in [2.24, 2.45) is 0 Å². The molecule has 0 saturated heterocycles. The molecule has 2 aromatic carbocycles. The highest BCUT2D eigenvalue weighted by Gasteiger charge is 2.31. The fourth-order valence-corrected chi connectivity index (χ4v) is 2.80. The van der Waals surface area contributed by atoms with E-state index in [1.54, 1.807) is 18.2 Å². The second-order valence-corrected chi connectivity index (χ2v) is 5.97. The van der Waals surface area contributed by atoms with Crippen LogP contribution in [0.15, 0.2) is 48.5 Å². The van der Waals surface area contributed by atoms with Gasteiger partial charge in [-0.2, -0.15) is 0 Å². The first-order valence-corrected chi connectivity index (χ1v) is 7.89. The van der Waals surface area contributed by atoms with Gasteiger partial charge in [-0.25, -0.2) is 4.39 Å². The van der Waals surface area contributed by atoms with Crippen molar-refractivity contribution in [2.75, 3.05) is 5.32 Å². The van der Waals surface area contributed by atoms with Crippen LogP contribution >= 0.6 is 11.3 Å². The van der Waals surface area contributed by atoms with E-state index in [1.165, 1.54) is 41.7 Å². The van der Waals surface area contributed by atoms with E-state index in [-0.39, 0.29) is 18.1 Å².